The molecule has 1 aromatic rings. The first-order valence-electron chi connectivity index (χ1n) is 4.64. The first kappa shape index (κ1) is 9.90. The van der Waals surface area contributed by atoms with Crippen molar-refractivity contribution in [3.8, 4) is 0 Å². The van der Waals surface area contributed by atoms with Crippen molar-refractivity contribution in [1.82, 2.24) is 0 Å². The second-order valence-electron chi connectivity index (χ2n) is 3.53. The molecule has 0 amide bonds. The van der Waals surface area contributed by atoms with E-state index in [0.717, 1.165) is 34.5 Å². The second kappa shape index (κ2) is 3.29. The Morgan fingerprint density at radius 1 is 0.846 bits per heavy atom. The molecule has 1 aromatic carbocycles. The molecular formula is C11H18N2. The predicted octanol–water partition coefficient (Wildman–Crippen LogP) is 2.34. The molecule has 1 rings (SSSR count). The molecule has 0 atom stereocenters. The maximum absolute atomic E-state index is 6.01. The van der Waals surface area contributed by atoms with Crippen LogP contribution in [0.25, 0.3) is 0 Å². The molecule has 0 aliphatic carbocycles. The molecule has 0 saturated carbocycles. The minimum atomic E-state index is 0.892. The van der Waals surface area contributed by atoms with Gasteiger partial charge in [0.15, 0.2) is 0 Å². The lowest BCUT2D eigenvalue weighted by Crippen LogP contribution is -2.06. The zero-order valence-corrected chi connectivity index (χ0v) is 8.86. The van der Waals surface area contributed by atoms with Crippen LogP contribution in [0.3, 0.4) is 0 Å². The van der Waals surface area contributed by atoms with Gasteiger partial charge < -0.3 is 11.5 Å². The maximum Gasteiger partial charge on any atom is 0.0383 e. The van der Waals surface area contributed by atoms with Gasteiger partial charge in [-0.1, -0.05) is 6.92 Å². The van der Waals surface area contributed by atoms with Crippen LogP contribution in [-0.2, 0) is 6.42 Å². The number of anilines is 2. The summed E-state index contributed by atoms with van der Waals surface area (Å²) in [5, 5.41) is 0. The molecule has 0 aliphatic rings. The number of hydrogen-bond acceptors (Lipinski definition) is 2. The highest BCUT2D eigenvalue weighted by atomic mass is 14.6. The summed E-state index contributed by atoms with van der Waals surface area (Å²) in [5.74, 6) is 0. The van der Waals surface area contributed by atoms with E-state index in [1.165, 1.54) is 5.56 Å². The molecule has 13 heavy (non-hydrogen) atoms. The average molecular weight is 178 g/mol. The number of nitrogen functional groups attached to an aromatic ring is 2. The fraction of sp³-hybridized carbons (Fsp3) is 0.455. The highest BCUT2D eigenvalue weighted by molar-refractivity contribution is 5.70. The molecule has 0 heterocycles. The molecule has 0 saturated heterocycles. The number of nitrogens with two attached hydrogens (primary N) is 2. The van der Waals surface area contributed by atoms with E-state index >= 15 is 0 Å². The van der Waals surface area contributed by atoms with Crippen molar-refractivity contribution in [2.45, 2.75) is 34.1 Å². The van der Waals surface area contributed by atoms with E-state index in [-0.39, 0.29) is 0 Å². The molecule has 0 radical (unpaired) electrons. The maximum atomic E-state index is 6.01. The minimum Gasteiger partial charge on any atom is -0.398 e. The Morgan fingerprint density at radius 2 is 1.31 bits per heavy atom. The summed E-state index contributed by atoms with van der Waals surface area (Å²) >= 11 is 0. The van der Waals surface area contributed by atoms with Crippen molar-refractivity contribution in [2.24, 2.45) is 0 Å². The van der Waals surface area contributed by atoms with E-state index in [2.05, 4.69) is 6.92 Å². The Hall–Kier alpha value is -1.18. The lowest BCUT2D eigenvalue weighted by Gasteiger charge is -2.16. The fourth-order valence-electron chi connectivity index (χ4n) is 1.73. The fourth-order valence-corrected chi connectivity index (χ4v) is 1.73. The van der Waals surface area contributed by atoms with Gasteiger partial charge in [0.2, 0.25) is 0 Å². The summed E-state index contributed by atoms with van der Waals surface area (Å²) < 4.78 is 0. The van der Waals surface area contributed by atoms with Gasteiger partial charge in [0.1, 0.15) is 0 Å². The summed E-state index contributed by atoms with van der Waals surface area (Å²) in [4.78, 5) is 0. The standard InChI is InChI=1S/C11H18N2/c1-5-9-8(4)10(12)6(2)7(3)11(9)13/h5,12-13H2,1-4H3. The van der Waals surface area contributed by atoms with E-state index in [1.807, 2.05) is 20.8 Å². The molecular weight excluding hydrogens is 160 g/mol. The normalized spacial score (nSPS) is 10.5. The number of rotatable bonds is 1. The van der Waals surface area contributed by atoms with Gasteiger partial charge in [0.05, 0.1) is 0 Å². The molecule has 0 aromatic heterocycles. The number of benzene rings is 1. The van der Waals surface area contributed by atoms with Gasteiger partial charge in [-0.3, -0.25) is 0 Å². The topological polar surface area (TPSA) is 52.0 Å². The van der Waals surface area contributed by atoms with Crippen LogP contribution in [0.2, 0.25) is 0 Å². The van der Waals surface area contributed by atoms with Crippen LogP contribution in [0.15, 0.2) is 0 Å². The molecule has 72 valence electrons. The molecule has 0 fully saturated rings. The molecule has 2 heteroatoms. The van der Waals surface area contributed by atoms with Crippen LogP contribution < -0.4 is 11.5 Å². The number of hydrogen-bond donors (Lipinski definition) is 2. The van der Waals surface area contributed by atoms with Crippen molar-refractivity contribution in [1.29, 1.82) is 0 Å². The first-order valence-corrected chi connectivity index (χ1v) is 4.64. The van der Waals surface area contributed by atoms with E-state index < -0.39 is 0 Å². The SMILES string of the molecule is CCc1c(C)c(N)c(C)c(C)c1N. The zero-order valence-electron chi connectivity index (χ0n) is 8.86. The average Bonchev–Trinajstić information content (AvgIpc) is 2.13. The third-order valence-electron chi connectivity index (χ3n) is 2.91. The predicted molar refractivity (Wildman–Crippen MR) is 58.9 cm³/mol. The third-order valence-corrected chi connectivity index (χ3v) is 2.91. The second-order valence-corrected chi connectivity index (χ2v) is 3.53. The minimum absolute atomic E-state index is 0.892. The largest absolute Gasteiger partial charge is 0.398 e. The first-order chi connectivity index (χ1) is 6.00. The van der Waals surface area contributed by atoms with Gasteiger partial charge in [-0.05, 0) is 49.4 Å². The quantitative estimate of drug-likeness (QED) is 0.648. The van der Waals surface area contributed by atoms with Crippen molar-refractivity contribution < 1.29 is 0 Å². The summed E-state index contributed by atoms with van der Waals surface area (Å²) in [6.45, 7) is 8.19. The highest BCUT2D eigenvalue weighted by Crippen LogP contribution is 2.30. The molecule has 0 unspecified atom stereocenters. The highest BCUT2D eigenvalue weighted by Gasteiger charge is 2.11. The van der Waals surface area contributed by atoms with E-state index in [0.29, 0.717) is 0 Å². The van der Waals surface area contributed by atoms with E-state index in [4.69, 9.17) is 11.5 Å². The van der Waals surface area contributed by atoms with Gasteiger partial charge in [-0.2, -0.15) is 0 Å². The van der Waals surface area contributed by atoms with Gasteiger partial charge in [-0.15, -0.1) is 0 Å². The Bertz CT molecular complexity index is 311. The van der Waals surface area contributed by atoms with Gasteiger partial charge in [-0.25, -0.2) is 0 Å². The smallest absolute Gasteiger partial charge is 0.0383 e. The molecule has 2 nitrogen and oxygen atoms in total. The lowest BCUT2D eigenvalue weighted by molar-refractivity contribution is 1.10. The van der Waals surface area contributed by atoms with Crippen LogP contribution in [-0.4, -0.2) is 0 Å². The van der Waals surface area contributed by atoms with E-state index in [9.17, 15) is 0 Å². The Morgan fingerprint density at radius 3 is 1.77 bits per heavy atom. The Kier molecular flexibility index (Phi) is 2.50. The summed E-state index contributed by atoms with van der Waals surface area (Å²) in [6.07, 6.45) is 0.947. The van der Waals surface area contributed by atoms with E-state index in [1.54, 1.807) is 0 Å². The van der Waals surface area contributed by atoms with Crippen LogP contribution >= 0.6 is 0 Å². The summed E-state index contributed by atoms with van der Waals surface area (Å²) in [5.41, 5.74) is 18.4. The third kappa shape index (κ3) is 1.37. The van der Waals surface area contributed by atoms with Gasteiger partial charge >= 0.3 is 0 Å². The van der Waals surface area contributed by atoms with Crippen molar-refractivity contribution in [3.05, 3.63) is 22.3 Å². The van der Waals surface area contributed by atoms with Gasteiger partial charge in [0, 0.05) is 11.4 Å². The monoisotopic (exact) mass is 178 g/mol. The molecule has 0 bridgehead atoms. The molecule has 0 spiro atoms. The zero-order chi connectivity index (χ0) is 10.2. The Balaban J connectivity index is 3.56. The van der Waals surface area contributed by atoms with Crippen molar-refractivity contribution in [2.75, 3.05) is 11.5 Å². The van der Waals surface area contributed by atoms with Crippen LogP contribution in [0.4, 0.5) is 11.4 Å². The van der Waals surface area contributed by atoms with Gasteiger partial charge in [0.25, 0.3) is 0 Å². The van der Waals surface area contributed by atoms with Crippen molar-refractivity contribution >= 4 is 11.4 Å². The van der Waals surface area contributed by atoms with Crippen molar-refractivity contribution in [3.63, 3.8) is 0 Å². The molecule has 4 N–H and O–H groups in total. The summed E-state index contributed by atoms with van der Waals surface area (Å²) in [7, 11) is 0. The molecule has 0 aliphatic heterocycles. The lowest BCUT2D eigenvalue weighted by atomic mass is 9.94. The van der Waals surface area contributed by atoms with Crippen LogP contribution in [0.5, 0.6) is 0 Å². The van der Waals surface area contributed by atoms with Crippen LogP contribution in [0, 0.1) is 20.8 Å². The van der Waals surface area contributed by atoms with Crippen LogP contribution in [0.1, 0.15) is 29.2 Å². The Labute approximate surface area is 79.9 Å². The summed E-state index contributed by atoms with van der Waals surface area (Å²) in [6, 6.07) is 0.